The number of fused-ring (bicyclic) bond motifs is 2. The molecule has 0 unspecified atom stereocenters. The molecular formula is C23H16N2O2. The Hall–Kier alpha value is -3.66. The Balaban J connectivity index is 1.49. The van der Waals surface area contributed by atoms with Crippen molar-refractivity contribution in [1.82, 2.24) is 4.98 Å². The maximum absolute atomic E-state index is 12.2. The molecule has 3 aromatic carbocycles. The first-order chi connectivity index (χ1) is 13.2. The van der Waals surface area contributed by atoms with E-state index in [0.29, 0.717) is 11.5 Å². The Morgan fingerprint density at radius 3 is 2.67 bits per heavy atom. The number of rotatable bonds is 2. The van der Waals surface area contributed by atoms with E-state index in [0.717, 1.165) is 39.0 Å². The number of hydrogen-bond donors (Lipinski definition) is 1. The van der Waals surface area contributed by atoms with Crippen LogP contribution >= 0.6 is 0 Å². The SMILES string of the molecule is Cc1ccc2nc(-c3ccc(C=C4C(=O)Nc5ccccc54)cc3)oc2c1. The molecule has 1 amide bonds. The molecule has 0 saturated heterocycles. The molecule has 4 heteroatoms. The zero-order valence-corrected chi connectivity index (χ0v) is 14.7. The van der Waals surface area contributed by atoms with Crippen LogP contribution in [0.3, 0.4) is 0 Å². The van der Waals surface area contributed by atoms with Crippen molar-refractivity contribution in [3.63, 3.8) is 0 Å². The van der Waals surface area contributed by atoms with Crippen LogP contribution in [0, 0.1) is 6.92 Å². The number of anilines is 1. The van der Waals surface area contributed by atoms with Crippen LogP contribution in [0.25, 0.3) is 34.2 Å². The molecular weight excluding hydrogens is 336 g/mol. The molecule has 0 spiro atoms. The summed E-state index contributed by atoms with van der Waals surface area (Å²) in [6, 6.07) is 21.5. The number of carbonyl (C=O) groups excluding carboxylic acids is 1. The number of benzene rings is 3. The fraction of sp³-hybridized carbons (Fsp3) is 0.0435. The third kappa shape index (κ3) is 2.72. The third-order valence-electron chi connectivity index (χ3n) is 4.72. The Bertz CT molecular complexity index is 1220. The number of para-hydroxylation sites is 1. The standard InChI is InChI=1S/C23H16N2O2/c1-14-6-11-20-21(12-14)27-23(25-20)16-9-7-15(8-10-16)13-18-17-4-2-3-5-19(17)24-22(18)26/h2-13H,1H3,(H,24,26). The second-order valence-electron chi connectivity index (χ2n) is 6.67. The number of aromatic nitrogens is 1. The van der Waals surface area contributed by atoms with Crippen molar-refractivity contribution in [1.29, 1.82) is 0 Å². The Morgan fingerprint density at radius 2 is 1.81 bits per heavy atom. The highest BCUT2D eigenvalue weighted by Gasteiger charge is 2.23. The monoisotopic (exact) mass is 352 g/mol. The lowest BCUT2D eigenvalue weighted by atomic mass is 10.0. The van der Waals surface area contributed by atoms with Gasteiger partial charge >= 0.3 is 0 Å². The summed E-state index contributed by atoms with van der Waals surface area (Å²) >= 11 is 0. The molecule has 27 heavy (non-hydrogen) atoms. The lowest BCUT2D eigenvalue weighted by Crippen LogP contribution is -2.03. The summed E-state index contributed by atoms with van der Waals surface area (Å²) in [5.74, 6) is 0.522. The van der Waals surface area contributed by atoms with E-state index < -0.39 is 0 Å². The molecule has 1 aliphatic rings. The minimum Gasteiger partial charge on any atom is -0.436 e. The maximum Gasteiger partial charge on any atom is 0.256 e. The molecule has 130 valence electrons. The van der Waals surface area contributed by atoms with Gasteiger partial charge in [0.15, 0.2) is 5.58 Å². The first kappa shape index (κ1) is 15.6. The second kappa shape index (κ2) is 5.95. The zero-order valence-electron chi connectivity index (χ0n) is 14.7. The fourth-order valence-electron chi connectivity index (χ4n) is 3.33. The van der Waals surface area contributed by atoms with E-state index in [9.17, 15) is 4.79 Å². The molecule has 4 aromatic rings. The summed E-state index contributed by atoms with van der Waals surface area (Å²) < 4.78 is 5.88. The van der Waals surface area contributed by atoms with Crippen LogP contribution in [0.1, 0.15) is 16.7 Å². The minimum atomic E-state index is -0.0744. The van der Waals surface area contributed by atoms with Crippen LogP contribution in [0.15, 0.2) is 71.1 Å². The van der Waals surface area contributed by atoms with E-state index in [2.05, 4.69) is 10.3 Å². The van der Waals surface area contributed by atoms with Crippen molar-refractivity contribution in [3.8, 4) is 11.5 Å². The molecule has 1 aromatic heterocycles. The van der Waals surface area contributed by atoms with E-state index in [4.69, 9.17) is 4.42 Å². The highest BCUT2D eigenvalue weighted by Crippen LogP contribution is 2.33. The van der Waals surface area contributed by atoms with Crippen LogP contribution in [-0.4, -0.2) is 10.9 Å². The van der Waals surface area contributed by atoms with Crippen LogP contribution in [-0.2, 0) is 4.79 Å². The van der Waals surface area contributed by atoms with Crippen molar-refractivity contribution in [2.75, 3.05) is 5.32 Å². The largest absolute Gasteiger partial charge is 0.436 e. The van der Waals surface area contributed by atoms with Crippen LogP contribution in [0.2, 0.25) is 0 Å². The van der Waals surface area contributed by atoms with Crippen LogP contribution in [0.5, 0.6) is 0 Å². The lowest BCUT2D eigenvalue weighted by molar-refractivity contribution is -0.110. The Kier molecular flexibility index (Phi) is 3.44. The van der Waals surface area contributed by atoms with Gasteiger partial charge in [-0.15, -0.1) is 0 Å². The normalized spacial score (nSPS) is 14.6. The molecule has 0 fully saturated rings. The minimum absolute atomic E-state index is 0.0744. The first-order valence-corrected chi connectivity index (χ1v) is 8.77. The second-order valence-corrected chi connectivity index (χ2v) is 6.67. The summed E-state index contributed by atoms with van der Waals surface area (Å²) in [6.45, 7) is 2.03. The summed E-state index contributed by atoms with van der Waals surface area (Å²) in [4.78, 5) is 16.8. The van der Waals surface area contributed by atoms with Gasteiger partial charge in [0.2, 0.25) is 5.89 Å². The predicted octanol–water partition coefficient (Wildman–Crippen LogP) is 5.30. The number of hydrogen-bond acceptors (Lipinski definition) is 3. The van der Waals surface area contributed by atoms with Crippen LogP contribution < -0.4 is 5.32 Å². The molecule has 0 aliphatic carbocycles. The average Bonchev–Trinajstić information content (AvgIpc) is 3.23. The van der Waals surface area contributed by atoms with Gasteiger partial charge in [0.25, 0.3) is 5.91 Å². The van der Waals surface area contributed by atoms with Gasteiger partial charge in [0.05, 0.1) is 0 Å². The molecule has 0 bridgehead atoms. The van der Waals surface area contributed by atoms with Gasteiger partial charge in [-0.05, 0) is 54.5 Å². The molecule has 1 aliphatic heterocycles. The first-order valence-electron chi connectivity index (χ1n) is 8.77. The van der Waals surface area contributed by atoms with Crippen molar-refractivity contribution >= 4 is 34.3 Å². The summed E-state index contributed by atoms with van der Waals surface area (Å²) in [5, 5.41) is 2.89. The van der Waals surface area contributed by atoms with Crippen molar-refractivity contribution in [2.24, 2.45) is 0 Å². The Labute approximate surface area is 156 Å². The van der Waals surface area contributed by atoms with E-state index >= 15 is 0 Å². The summed E-state index contributed by atoms with van der Waals surface area (Å²) in [7, 11) is 0. The molecule has 5 rings (SSSR count). The zero-order chi connectivity index (χ0) is 18.4. The van der Waals surface area contributed by atoms with Gasteiger partial charge in [-0.2, -0.15) is 0 Å². The lowest BCUT2D eigenvalue weighted by Gasteiger charge is -2.00. The molecule has 0 saturated carbocycles. The van der Waals surface area contributed by atoms with Crippen molar-refractivity contribution in [2.45, 2.75) is 6.92 Å². The molecule has 0 radical (unpaired) electrons. The quantitative estimate of drug-likeness (QED) is 0.498. The molecule has 1 N–H and O–H groups in total. The van der Waals surface area contributed by atoms with Gasteiger partial charge in [0, 0.05) is 22.4 Å². The van der Waals surface area contributed by atoms with Crippen molar-refractivity contribution < 1.29 is 9.21 Å². The van der Waals surface area contributed by atoms with Gasteiger partial charge in [-0.3, -0.25) is 4.79 Å². The Morgan fingerprint density at radius 1 is 1.00 bits per heavy atom. The maximum atomic E-state index is 12.2. The summed E-state index contributed by atoms with van der Waals surface area (Å²) in [5.41, 5.74) is 7.09. The number of amides is 1. The van der Waals surface area contributed by atoms with Gasteiger partial charge < -0.3 is 9.73 Å². The molecule has 4 nitrogen and oxygen atoms in total. The smallest absolute Gasteiger partial charge is 0.256 e. The highest BCUT2D eigenvalue weighted by atomic mass is 16.3. The summed E-state index contributed by atoms with van der Waals surface area (Å²) in [6.07, 6.45) is 1.90. The number of oxazole rings is 1. The number of nitrogens with one attached hydrogen (secondary N) is 1. The van der Waals surface area contributed by atoms with Gasteiger partial charge in [0.1, 0.15) is 5.52 Å². The van der Waals surface area contributed by atoms with Gasteiger partial charge in [-0.25, -0.2) is 4.98 Å². The third-order valence-corrected chi connectivity index (χ3v) is 4.72. The molecule has 0 atom stereocenters. The molecule has 2 heterocycles. The van der Waals surface area contributed by atoms with Crippen molar-refractivity contribution in [3.05, 3.63) is 83.4 Å². The number of aryl methyl sites for hydroxylation is 1. The van der Waals surface area contributed by atoms with E-state index in [-0.39, 0.29) is 5.91 Å². The topological polar surface area (TPSA) is 55.1 Å². The fourth-order valence-corrected chi connectivity index (χ4v) is 3.33. The van der Waals surface area contributed by atoms with E-state index in [1.807, 2.05) is 79.7 Å². The van der Waals surface area contributed by atoms with Gasteiger partial charge in [-0.1, -0.05) is 36.4 Å². The predicted molar refractivity (Wildman–Crippen MR) is 107 cm³/mol. The highest BCUT2D eigenvalue weighted by molar-refractivity contribution is 6.34. The number of carbonyl (C=O) groups is 1. The van der Waals surface area contributed by atoms with Crippen LogP contribution in [0.4, 0.5) is 5.69 Å². The number of nitrogens with zero attached hydrogens (tertiary/aromatic N) is 1. The average molecular weight is 352 g/mol. The van der Waals surface area contributed by atoms with E-state index in [1.165, 1.54) is 0 Å². The van der Waals surface area contributed by atoms with E-state index in [1.54, 1.807) is 0 Å².